The van der Waals surface area contributed by atoms with Gasteiger partial charge in [0, 0.05) is 24.1 Å². The van der Waals surface area contributed by atoms with Gasteiger partial charge in [-0.1, -0.05) is 41.4 Å². The number of fused-ring (bicyclic) bond motifs is 3. The summed E-state index contributed by atoms with van der Waals surface area (Å²) in [6, 6.07) is 11.1. The van der Waals surface area contributed by atoms with Crippen molar-refractivity contribution >= 4 is 46.0 Å². The minimum absolute atomic E-state index is 0.218. The van der Waals surface area contributed by atoms with Gasteiger partial charge in [0.25, 0.3) is 5.56 Å². The number of hydrogen-bond acceptors (Lipinski definition) is 5. The molecule has 0 saturated carbocycles. The summed E-state index contributed by atoms with van der Waals surface area (Å²) in [6.07, 6.45) is 0. The lowest BCUT2D eigenvalue weighted by Gasteiger charge is -2.26. The molecular weight excluding hydrogens is 470 g/mol. The lowest BCUT2D eigenvalue weighted by atomic mass is 10.1. The number of halogens is 3. The number of benzene rings is 2. The Morgan fingerprint density at radius 1 is 1.03 bits per heavy atom. The topological polar surface area (TPSA) is 77.4 Å². The van der Waals surface area contributed by atoms with E-state index >= 15 is 0 Å². The van der Waals surface area contributed by atoms with Crippen molar-refractivity contribution in [1.82, 2.24) is 18.7 Å². The van der Waals surface area contributed by atoms with E-state index in [9.17, 15) is 14.0 Å². The van der Waals surface area contributed by atoms with Crippen LogP contribution in [0.25, 0.3) is 11.2 Å². The quantitative estimate of drug-likeness (QED) is 0.445. The molecule has 0 N–H and O–H groups in total. The second-order valence-corrected chi connectivity index (χ2v) is 8.57. The van der Waals surface area contributed by atoms with E-state index in [4.69, 9.17) is 28.3 Å². The minimum atomic E-state index is -0.477. The highest BCUT2D eigenvalue weighted by molar-refractivity contribution is 6.35. The Balaban J connectivity index is 1.73. The van der Waals surface area contributed by atoms with E-state index in [-0.39, 0.29) is 30.1 Å². The zero-order valence-corrected chi connectivity index (χ0v) is 19.1. The molecule has 0 aliphatic carbocycles. The van der Waals surface area contributed by atoms with Crippen LogP contribution in [0, 0.1) is 5.82 Å². The fraction of sp³-hybridized carbons (Fsp3) is 0.182. The summed E-state index contributed by atoms with van der Waals surface area (Å²) in [5, 5.41) is 7.31. The third-order valence-electron chi connectivity index (χ3n) is 5.62. The third-order valence-corrected chi connectivity index (χ3v) is 6.21. The standard InChI is InChI=1S/C22H17Cl2FN6O2/c1-28-19-18(20(32)29(2)22(28)33)30-11-17(12-4-7-15(25)8-5-12)27-31(21(30)26-19)10-13-3-6-14(23)9-16(13)24/h3-9H,10-11H2,1-2H3. The van der Waals surface area contributed by atoms with Crippen LogP contribution < -0.4 is 16.3 Å². The van der Waals surface area contributed by atoms with Crippen molar-refractivity contribution in [1.29, 1.82) is 0 Å². The molecule has 3 heterocycles. The van der Waals surface area contributed by atoms with Crippen LogP contribution in [0.4, 0.5) is 10.3 Å². The zero-order chi connectivity index (χ0) is 23.4. The molecule has 0 saturated heterocycles. The van der Waals surface area contributed by atoms with Crippen LogP contribution in [-0.2, 0) is 27.2 Å². The molecule has 1 aliphatic heterocycles. The van der Waals surface area contributed by atoms with Crippen molar-refractivity contribution in [3.63, 3.8) is 0 Å². The lowest BCUT2D eigenvalue weighted by Crippen LogP contribution is -2.38. The first-order valence-electron chi connectivity index (χ1n) is 9.95. The second kappa shape index (κ2) is 7.86. The highest BCUT2D eigenvalue weighted by Gasteiger charge is 2.28. The highest BCUT2D eigenvalue weighted by atomic mass is 35.5. The Morgan fingerprint density at radius 3 is 2.45 bits per heavy atom. The van der Waals surface area contributed by atoms with E-state index in [1.165, 1.54) is 23.7 Å². The number of aryl methyl sites for hydroxylation is 1. The minimum Gasteiger partial charge on any atom is -0.297 e. The van der Waals surface area contributed by atoms with Crippen LogP contribution in [0.2, 0.25) is 10.0 Å². The van der Waals surface area contributed by atoms with E-state index in [1.807, 2.05) is 0 Å². The summed E-state index contributed by atoms with van der Waals surface area (Å²) in [6.45, 7) is 0.452. The normalized spacial score (nSPS) is 13.4. The Kier molecular flexibility index (Phi) is 5.10. The van der Waals surface area contributed by atoms with Crippen molar-refractivity contribution in [2.24, 2.45) is 19.2 Å². The number of imidazole rings is 1. The first kappa shape index (κ1) is 21.4. The van der Waals surface area contributed by atoms with E-state index in [2.05, 4.69) is 4.98 Å². The van der Waals surface area contributed by atoms with Gasteiger partial charge in [0.1, 0.15) is 5.82 Å². The van der Waals surface area contributed by atoms with E-state index in [0.717, 1.165) is 10.1 Å². The average Bonchev–Trinajstić information content (AvgIpc) is 3.18. The van der Waals surface area contributed by atoms with Gasteiger partial charge in [-0.15, -0.1) is 0 Å². The summed E-state index contributed by atoms with van der Waals surface area (Å²) in [7, 11) is 2.98. The van der Waals surface area contributed by atoms with Gasteiger partial charge in [0.2, 0.25) is 5.95 Å². The van der Waals surface area contributed by atoms with E-state index in [0.29, 0.717) is 27.3 Å². The van der Waals surface area contributed by atoms with Gasteiger partial charge in [-0.25, -0.2) is 14.2 Å². The monoisotopic (exact) mass is 486 g/mol. The van der Waals surface area contributed by atoms with Gasteiger partial charge >= 0.3 is 5.69 Å². The van der Waals surface area contributed by atoms with Gasteiger partial charge in [-0.05, 0) is 35.4 Å². The Labute approximate surface area is 196 Å². The number of hydrogen-bond donors (Lipinski definition) is 0. The maximum Gasteiger partial charge on any atom is 0.332 e. The van der Waals surface area contributed by atoms with Crippen LogP contribution >= 0.6 is 23.2 Å². The fourth-order valence-electron chi connectivity index (χ4n) is 3.86. The molecule has 0 bridgehead atoms. The summed E-state index contributed by atoms with van der Waals surface area (Å²) < 4.78 is 17.6. The first-order chi connectivity index (χ1) is 15.7. The van der Waals surface area contributed by atoms with Gasteiger partial charge in [-0.2, -0.15) is 10.1 Å². The zero-order valence-electron chi connectivity index (χ0n) is 17.6. The maximum absolute atomic E-state index is 13.5. The smallest absolute Gasteiger partial charge is 0.297 e. The summed E-state index contributed by atoms with van der Waals surface area (Å²) >= 11 is 12.4. The molecule has 11 heteroatoms. The fourth-order valence-corrected chi connectivity index (χ4v) is 4.33. The van der Waals surface area contributed by atoms with Gasteiger partial charge in [0.15, 0.2) is 11.2 Å². The highest BCUT2D eigenvalue weighted by Crippen LogP contribution is 2.29. The van der Waals surface area contributed by atoms with E-state index < -0.39 is 11.2 Å². The molecule has 8 nitrogen and oxygen atoms in total. The number of hydrazone groups is 1. The molecule has 0 fully saturated rings. The number of anilines is 1. The molecule has 2 aromatic carbocycles. The van der Waals surface area contributed by atoms with Crippen LogP contribution in [0.1, 0.15) is 11.1 Å². The number of nitrogens with zero attached hydrogens (tertiary/aromatic N) is 6. The molecule has 2 aromatic heterocycles. The molecule has 0 radical (unpaired) electrons. The van der Waals surface area contributed by atoms with Gasteiger partial charge in [-0.3, -0.25) is 18.5 Å². The molecule has 0 unspecified atom stereocenters. The molecular formula is C22H17Cl2FN6O2. The summed E-state index contributed by atoms with van der Waals surface area (Å²) in [4.78, 5) is 30.1. The van der Waals surface area contributed by atoms with Crippen molar-refractivity contribution in [3.05, 3.63) is 90.3 Å². The molecule has 1 aliphatic rings. The van der Waals surface area contributed by atoms with Crippen LogP contribution in [-0.4, -0.2) is 24.4 Å². The third kappa shape index (κ3) is 3.53. The predicted molar refractivity (Wildman–Crippen MR) is 126 cm³/mol. The molecule has 168 valence electrons. The van der Waals surface area contributed by atoms with Gasteiger partial charge < -0.3 is 0 Å². The van der Waals surface area contributed by atoms with Crippen molar-refractivity contribution in [2.45, 2.75) is 13.1 Å². The van der Waals surface area contributed by atoms with Crippen LogP contribution in [0.5, 0.6) is 0 Å². The van der Waals surface area contributed by atoms with Gasteiger partial charge in [0.05, 0.1) is 18.8 Å². The lowest BCUT2D eigenvalue weighted by molar-refractivity contribution is 0.627. The van der Waals surface area contributed by atoms with Crippen molar-refractivity contribution < 1.29 is 4.39 Å². The average molecular weight is 487 g/mol. The molecule has 0 atom stereocenters. The van der Waals surface area contributed by atoms with Crippen LogP contribution in [0.3, 0.4) is 0 Å². The Hall–Kier alpha value is -3.43. The molecule has 5 rings (SSSR count). The predicted octanol–water partition coefficient (Wildman–Crippen LogP) is 3.30. The summed E-state index contributed by atoms with van der Waals surface area (Å²) in [5.74, 6) is 0.0257. The van der Waals surface area contributed by atoms with Crippen molar-refractivity contribution in [2.75, 3.05) is 5.01 Å². The maximum atomic E-state index is 13.5. The Morgan fingerprint density at radius 2 is 1.76 bits per heavy atom. The second-order valence-electron chi connectivity index (χ2n) is 7.72. The molecule has 0 spiro atoms. The van der Waals surface area contributed by atoms with E-state index in [1.54, 1.807) is 47.0 Å². The van der Waals surface area contributed by atoms with Crippen LogP contribution in [0.15, 0.2) is 57.2 Å². The molecule has 0 amide bonds. The molecule has 4 aromatic rings. The first-order valence-corrected chi connectivity index (χ1v) is 10.7. The molecule has 33 heavy (non-hydrogen) atoms. The number of aromatic nitrogens is 4. The van der Waals surface area contributed by atoms with Crippen molar-refractivity contribution in [3.8, 4) is 0 Å². The Bertz CT molecular complexity index is 1570. The largest absolute Gasteiger partial charge is 0.332 e. The SMILES string of the molecule is Cn1c(=O)c2c(nc3n2CC(c2ccc(F)cc2)=NN3Cc2ccc(Cl)cc2Cl)n(C)c1=O. The summed E-state index contributed by atoms with van der Waals surface area (Å²) in [5.41, 5.74) is 1.62. The number of rotatable bonds is 3.